The van der Waals surface area contributed by atoms with Crippen molar-refractivity contribution in [3.63, 3.8) is 0 Å². The van der Waals surface area contributed by atoms with Crippen LogP contribution in [-0.2, 0) is 0 Å². The van der Waals surface area contributed by atoms with Gasteiger partial charge in [0.15, 0.2) is 5.82 Å². The lowest BCUT2D eigenvalue weighted by atomic mass is 9.99. The van der Waals surface area contributed by atoms with Crippen LogP contribution in [0.1, 0.15) is 6.42 Å². The van der Waals surface area contributed by atoms with Gasteiger partial charge < -0.3 is 15.6 Å². The Kier molecular flexibility index (Phi) is 4.62. The SMILES string of the molecule is C1=C(C2=C\NC\C=c3/[nH]nc(-c4nc5c(-c6cccnc6)nccc5[nH]4)/c3=C/2)CCNC1. The number of aromatic nitrogens is 6. The highest BCUT2D eigenvalue weighted by Gasteiger charge is 2.16. The van der Waals surface area contributed by atoms with Gasteiger partial charge in [-0.15, -0.1) is 0 Å². The van der Waals surface area contributed by atoms with E-state index in [1.54, 1.807) is 18.6 Å². The van der Waals surface area contributed by atoms with Crippen LogP contribution in [0.15, 0.2) is 60.2 Å². The molecule has 0 unspecified atom stereocenters. The number of hydrogen-bond acceptors (Lipinski definition) is 6. The lowest BCUT2D eigenvalue weighted by Gasteiger charge is -2.15. The van der Waals surface area contributed by atoms with Crippen molar-refractivity contribution >= 4 is 23.2 Å². The van der Waals surface area contributed by atoms with Crippen molar-refractivity contribution in [3.8, 4) is 22.8 Å². The number of hydrogen-bond donors (Lipinski definition) is 4. The minimum Gasteiger partial charge on any atom is -0.387 e. The molecule has 0 saturated heterocycles. The molecule has 0 aromatic carbocycles. The van der Waals surface area contributed by atoms with Crippen LogP contribution >= 0.6 is 0 Å². The van der Waals surface area contributed by atoms with Gasteiger partial charge in [-0.1, -0.05) is 6.08 Å². The van der Waals surface area contributed by atoms with Gasteiger partial charge in [-0.2, -0.15) is 5.10 Å². The molecule has 2 aliphatic heterocycles. The molecule has 0 radical (unpaired) electrons. The molecule has 6 rings (SSSR count). The van der Waals surface area contributed by atoms with Gasteiger partial charge in [0.2, 0.25) is 0 Å². The summed E-state index contributed by atoms with van der Waals surface area (Å²) in [5, 5.41) is 16.6. The molecular formula is C24H22N8. The Labute approximate surface area is 183 Å². The summed E-state index contributed by atoms with van der Waals surface area (Å²) in [5.41, 5.74) is 6.77. The molecule has 4 aromatic rings. The summed E-state index contributed by atoms with van der Waals surface area (Å²) in [5.74, 6) is 0.715. The lowest BCUT2D eigenvalue weighted by molar-refractivity contribution is 0.709. The van der Waals surface area contributed by atoms with Crippen molar-refractivity contribution in [2.24, 2.45) is 0 Å². The van der Waals surface area contributed by atoms with E-state index in [2.05, 4.69) is 60.2 Å². The molecule has 6 heterocycles. The monoisotopic (exact) mass is 422 g/mol. The first kappa shape index (κ1) is 18.7. The number of H-pyrrole nitrogens is 2. The molecule has 0 fully saturated rings. The highest BCUT2D eigenvalue weighted by Crippen LogP contribution is 2.26. The Bertz CT molecular complexity index is 1470. The fourth-order valence-electron chi connectivity index (χ4n) is 4.21. The van der Waals surface area contributed by atoms with Crippen molar-refractivity contribution in [3.05, 3.63) is 70.8 Å². The van der Waals surface area contributed by atoms with E-state index in [0.29, 0.717) is 5.82 Å². The highest BCUT2D eigenvalue weighted by atomic mass is 15.1. The number of fused-ring (bicyclic) bond motifs is 2. The molecule has 4 aromatic heterocycles. The number of aromatic amines is 2. The minimum atomic E-state index is 0.715. The van der Waals surface area contributed by atoms with E-state index < -0.39 is 0 Å². The molecule has 0 amide bonds. The largest absolute Gasteiger partial charge is 0.387 e. The normalized spacial score (nSPS) is 19.8. The number of nitrogens with zero attached hydrogens (tertiary/aromatic N) is 4. The molecule has 158 valence electrons. The van der Waals surface area contributed by atoms with Crippen LogP contribution < -0.4 is 21.2 Å². The molecule has 0 aliphatic carbocycles. The van der Waals surface area contributed by atoms with Crippen molar-refractivity contribution in [2.45, 2.75) is 6.42 Å². The fourth-order valence-corrected chi connectivity index (χ4v) is 4.21. The maximum atomic E-state index is 4.91. The summed E-state index contributed by atoms with van der Waals surface area (Å²) in [4.78, 5) is 17.1. The molecule has 4 N–H and O–H groups in total. The van der Waals surface area contributed by atoms with Gasteiger partial charge in [-0.25, -0.2) is 4.98 Å². The van der Waals surface area contributed by atoms with Crippen LogP contribution in [-0.4, -0.2) is 49.8 Å². The molecule has 32 heavy (non-hydrogen) atoms. The molecule has 0 bridgehead atoms. The third kappa shape index (κ3) is 3.30. The average molecular weight is 422 g/mol. The van der Waals surface area contributed by atoms with Gasteiger partial charge in [-0.05, 0) is 54.5 Å². The quantitative estimate of drug-likeness (QED) is 0.397. The number of pyridine rings is 2. The van der Waals surface area contributed by atoms with Crippen LogP contribution in [0.2, 0.25) is 0 Å². The summed E-state index contributed by atoms with van der Waals surface area (Å²) in [7, 11) is 0. The predicted molar refractivity (Wildman–Crippen MR) is 125 cm³/mol. The van der Waals surface area contributed by atoms with Crippen molar-refractivity contribution in [1.82, 2.24) is 40.8 Å². The van der Waals surface area contributed by atoms with Crippen LogP contribution in [0.3, 0.4) is 0 Å². The third-order valence-corrected chi connectivity index (χ3v) is 5.81. The zero-order chi connectivity index (χ0) is 21.3. The molecule has 0 atom stereocenters. The zero-order valence-corrected chi connectivity index (χ0v) is 17.4. The van der Waals surface area contributed by atoms with E-state index in [1.165, 1.54) is 11.1 Å². The minimum absolute atomic E-state index is 0.715. The first-order valence-electron chi connectivity index (χ1n) is 10.7. The molecule has 0 saturated carbocycles. The van der Waals surface area contributed by atoms with Gasteiger partial charge in [0.05, 0.1) is 16.6 Å². The topological polar surface area (TPSA) is 107 Å². The molecule has 8 nitrogen and oxygen atoms in total. The number of rotatable bonds is 3. The summed E-state index contributed by atoms with van der Waals surface area (Å²) in [6, 6.07) is 5.84. The van der Waals surface area contributed by atoms with Crippen LogP contribution in [0, 0.1) is 0 Å². The van der Waals surface area contributed by atoms with Gasteiger partial charge in [-0.3, -0.25) is 15.1 Å². The maximum absolute atomic E-state index is 4.91. The summed E-state index contributed by atoms with van der Waals surface area (Å²) in [6.45, 7) is 2.61. The second kappa shape index (κ2) is 7.90. The first-order chi connectivity index (χ1) is 15.9. The molecule has 2 aliphatic rings. The average Bonchev–Trinajstić information content (AvgIpc) is 3.43. The van der Waals surface area contributed by atoms with E-state index >= 15 is 0 Å². The Hall–Kier alpha value is -4.04. The second-order valence-electron chi connectivity index (χ2n) is 7.82. The summed E-state index contributed by atoms with van der Waals surface area (Å²) >= 11 is 0. The number of imidazole rings is 1. The smallest absolute Gasteiger partial charge is 0.159 e. The highest BCUT2D eigenvalue weighted by molar-refractivity contribution is 5.91. The van der Waals surface area contributed by atoms with E-state index in [4.69, 9.17) is 4.98 Å². The van der Waals surface area contributed by atoms with Gasteiger partial charge in [0.1, 0.15) is 11.2 Å². The summed E-state index contributed by atoms with van der Waals surface area (Å²) in [6.07, 6.45) is 15.0. The molecular weight excluding hydrogens is 400 g/mol. The zero-order valence-electron chi connectivity index (χ0n) is 17.4. The van der Waals surface area contributed by atoms with Crippen molar-refractivity contribution in [2.75, 3.05) is 19.6 Å². The van der Waals surface area contributed by atoms with Gasteiger partial charge >= 0.3 is 0 Å². The van der Waals surface area contributed by atoms with Crippen LogP contribution in [0.4, 0.5) is 0 Å². The number of allylic oxidation sites excluding steroid dienone is 1. The van der Waals surface area contributed by atoms with E-state index in [9.17, 15) is 0 Å². The van der Waals surface area contributed by atoms with E-state index in [0.717, 1.165) is 64.6 Å². The Morgan fingerprint density at radius 2 is 2.00 bits per heavy atom. The Morgan fingerprint density at radius 3 is 2.88 bits per heavy atom. The van der Waals surface area contributed by atoms with Crippen molar-refractivity contribution < 1.29 is 0 Å². The molecule has 0 spiro atoms. The van der Waals surface area contributed by atoms with Gasteiger partial charge in [0, 0.05) is 48.7 Å². The van der Waals surface area contributed by atoms with E-state index in [-0.39, 0.29) is 0 Å². The Morgan fingerprint density at radius 1 is 1.00 bits per heavy atom. The predicted octanol–water partition coefficient (Wildman–Crippen LogP) is 1.38. The second-order valence-corrected chi connectivity index (χ2v) is 7.82. The Balaban J connectivity index is 1.51. The first-order valence-corrected chi connectivity index (χ1v) is 10.7. The number of nitrogens with one attached hydrogen (secondary N) is 4. The van der Waals surface area contributed by atoms with E-state index in [1.807, 2.05) is 18.2 Å². The standard InChI is InChI=1S/C24H22N8/c1-2-16(13-26-7-1)21-23-20(6-11-28-21)29-24(30-23)22-18-12-17(15-3-8-25-9-4-15)14-27-10-5-19(18)31-32-22/h1-3,5-7,11-14,25,27,31H,4,8-10H2,(H,29,30)/b17-14+,18-12+,19-5-. The maximum Gasteiger partial charge on any atom is 0.159 e. The fraction of sp³-hybridized carbons (Fsp3) is 0.167. The summed E-state index contributed by atoms with van der Waals surface area (Å²) < 4.78 is 0. The van der Waals surface area contributed by atoms with Crippen molar-refractivity contribution in [1.29, 1.82) is 0 Å². The third-order valence-electron chi connectivity index (χ3n) is 5.81. The van der Waals surface area contributed by atoms with Crippen LogP contribution in [0.25, 0.3) is 46.0 Å². The lowest BCUT2D eigenvalue weighted by Crippen LogP contribution is -2.29. The van der Waals surface area contributed by atoms with Crippen LogP contribution in [0.5, 0.6) is 0 Å². The molecule has 8 heteroatoms. The van der Waals surface area contributed by atoms with Gasteiger partial charge in [0.25, 0.3) is 0 Å².